The van der Waals surface area contributed by atoms with Gasteiger partial charge in [0.2, 0.25) is 5.89 Å². The van der Waals surface area contributed by atoms with E-state index < -0.39 is 0 Å². The lowest BCUT2D eigenvalue weighted by Crippen LogP contribution is -2.36. The maximum Gasteiger partial charge on any atom is 0.318 e. The maximum absolute atomic E-state index is 5.68. The van der Waals surface area contributed by atoms with Crippen LogP contribution in [0.3, 0.4) is 0 Å². The van der Waals surface area contributed by atoms with E-state index in [1.807, 2.05) is 0 Å². The third-order valence-electron chi connectivity index (χ3n) is 3.64. The Balaban J connectivity index is 1.74. The molecule has 0 saturated carbocycles. The quantitative estimate of drug-likeness (QED) is 0.750. The molecule has 94 valence electrons. The second-order valence-electron chi connectivity index (χ2n) is 4.74. The first-order valence-corrected chi connectivity index (χ1v) is 6.77. The van der Waals surface area contributed by atoms with Crippen molar-refractivity contribution in [3.8, 4) is 0 Å². The highest BCUT2D eigenvalue weighted by Gasteiger charge is 2.30. The Morgan fingerprint density at radius 1 is 1.24 bits per heavy atom. The van der Waals surface area contributed by atoms with Crippen LogP contribution in [0, 0.1) is 0 Å². The normalized spacial score (nSPS) is 25.9. The van der Waals surface area contributed by atoms with Crippen molar-refractivity contribution in [1.82, 2.24) is 15.1 Å². The second-order valence-corrected chi connectivity index (χ2v) is 5.01. The molecule has 0 aliphatic carbocycles. The molecule has 0 spiro atoms. The highest BCUT2D eigenvalue weighted by atomic mass is 35.5. The summed E-state index contributed by atoms with van der Waals surface area (Å²) < 4.78 is 5.53. The number of hydrogen-bond acceptors (Lipinski definition) is 5. The van der Waals surface area contributed by atoms with Gasteiger partial charge in [-0.1, -0.05) is 5.10 Å². The van der Waals surface area contributed by atoms with E-state index in [4.69, 9.17) is 16.0 Å². The lowest BCUT2D eigenvalue weighted by molar-refractivity contribution is 0.272. The Labute approximate surface area is 106 Å². The third kappa shape index (κ3) is 2.26. The van der Waals surface area contributed by atoms with Gasteiger partial charge in [-0.3, -0.25) is 4.90 Å². The molecular formula is C11H17ClN4O. The number of anilines is 1. The van der Waals surface area contributed by atoms with Crippen molar-refractivity contribution in [2.24, 2.45) is 0 Å². The van der Waals surface area contributed by atoms with E-state index in [0.717, 1.165) is 19.5 Å². The Morgan fingerprint density at radius 2 is 2.12 bits per heavy atom. The van der Waals surface area contributed by atoms with E-state index in [1.54, 1.807) is 0 Å². The summed E-state index contributed by atoms with van der Waals surface area (Å²) in [5.74, 6) is 0.797. The predicted octanol–water partition coefficient (Wildman–Crippen LogP) is 1.48. The molecule has 2 fully saturated rings. The molecule has 3 rings (SSSR count). The Hall–Kier alpha value is -0.810. The van der Waals surface area contributed by atoms with Crippen LogP contribution in [0.2, 0.25) is 0 Å². The monoisotopic (exact) mass is 256 g/mol. The van der Waals surface area contributed by atoms with Crippen LogP contribution >= 0.6 is 11.6 Å². The first-order valence-electron chi connectivity index (χ1n) is 6.24. The number of fused-ring (bicyclic) bond motifs is 1. The van der Waals surface area contributed by atoms with E-state index in [0.29, 0.717) is 17.9 Å². The van der Waals surface area contributed by atoms with Gasteiger partial charge in [0.05, 0.1) is 0 Å². The minimum atomic E-state index is 0.288. The predicted molar refractivity (Wildman–Crippen MR) is 65.3 cm³/mol. The van der Waals surface area contributed by atoms with Crippen molar-refractivity contribution in [3.05, 3.63) is 5.89 Å². The summed E-state index contributed by atoms with van der Waals surface area (Å²) in [6, 6.07) is 1.29. The highest BCUT2D eigenvalue weighted by molar-refractivity contribution is 6.16. The third-order valence-corrected chi connectivity index (χ3v) is 3.87. The molecule has 0 radical (unpaired) electrons. The van der Waals surface area contributed by atoms with Gasteiger partial charge in [0.15, 0.2) is 0 Å². The maximum atomic E-state index is 5.68. The summed E-state index contributed by atoms with van der Waals surface area (Å²) in [7, 11) is 0. The smallest absolute Gasteiger partial charge is 0.318 e. The zero-order valence-electron chi connectivity index (χ0n) is 9.81. The van der Waals surface area contributed by atoms with Crippen LogP contribution in [0.5, 0.6) is 0 Å². The van der Waals surface area contributed by atoms with Gasteiger partial charge in [0, 0.05) is 25.7 Å². The summed E-state index contributed by atoms with van der Waals surface area (Å²) in [5, 5.41) is 7.99. The van der Waals surface area contributed by atoms with Crippen molar-refractivity contribution >= 4 is 17.6 Å². The fourth-order valence-corrected chi connectivity index (χ4v) is 2.91. The molecule has 17 heavy (non-hydrogen) atoms. The van der Waals surface area contributed by atoms with Crippen LogP contribution in [0.15, 0.2) is 4.42 Å². The minimum Gasteiger partial charge on any atom is -0.407 e. The van der Waals surface area contributed by atoms with Gasteiger partial charge >= 0.3 is 6.01 Å². The van der Waals surface area contributed by atoms with Gasteiger partial charge in [0.1, 0.15) is 5.88 Å². The van der Waals surface area contributed by atoms with Gasteiger partial charge in [-0.2, -0.15) is 0 Å². The summed E-state index contributed by atoms with van der Waals surface area (Å²) in [5.41, 5.74) is 0. The molecule has 0 amide bonds. The lowest BCUT2D eigenvalue weighted by atomic mass is 10.2. The lowest BCUT2D eigenvalue weighted by Gasteiger charge is -2.24. The highest BCUT2D eigenvalue weighted by Crippen LogP contribution is 2.24. The van der Waals surface area contributed by atoms with Gasteiger partial charge in [-0.25, -0.2) is 0 Å². The molecule has 3 heterocycles. The zero-order valence-corrected chi connectivity index (χ0v) is 10.6. The molecule has 0 N–H and O–H groups in total. The van der Waals surface area contributed by atoms with Crippen LogP contribution in [0.25, 0.3) is 0 Å². The van der Waals surface area contributed by atoms with Gasteiger partial charge < -0.3 is 9.32 Å². The number of alkyl halides is 1. The van der Waals surface area contributed by atoms with Crippen LogP contribution in [-0.2, 0) is 5.88 Å². The van der Waals surface area contributed by atoms with Crippen molar-refractivity contribution in [3.63, 3.8) is 0 Å². The van der Waals surface area contributed by atoms with Crippen molar-refractivity contribution < 1.29 is 4.42 Å². The number of rotatable bonds is 2. The molecule has 0 bridgehead atoms. The van der Waals surface area contributed by atoms with Crippen molar-refractivity contribution in [1.29, 1.82) is 0 Å². The van der Waals surface area contributed by atoms with Crippen molar-refractivity contribution in [2.75, 3.05) is 31.1 Å². The second kappa shape index (κ2) is 4.82. The summed E-state index contributed by atoms with van der Waals surface area (Å²) >= 11 is 5.68. The number of hydrogen-bond donors (Lipinski definition) is 0. The molecule has 1 aromatic heterocycles. The zero-order chi connectivity index (χ0) is 11.7. The van der Waals surface area contributed by atoms with Crippen LogP contribution in [-0.4, -0.2) is 47.3 Å². The molecule has 1 unspecified atom stereocenters. The summed E-state index contributed by atoms with van der Waals surface area (Å²) in [6.45, 7) is 4.44. The SMILES string of the molecule is ClCc1nnc(N2CCCN3CCCC3C2)o1. The molecule has 5 nitrogen and oxygen atoms in total. The number of nitrogens with zero attached hydrogens (tertiary/aromatic N) is 4. The first kappa shape index (κ1) is 11.3. The van der Waals surface area contributed by atoms with E-state index in [9.17, 15) is 0 Å². The topological polar surface area (TPSA) is 45.4 Å². The van der Waals surface area contributed by atoms with E-state index in [2.05, 4.69) is 20.0 Å². The molecule has 1 aromatic rings. The minimum absolute atomic E-state index is 0.288. The van der Waals surface area contributed by atoms with Gasteiger partial charge in [-0.15, -0.1) is 16.7 Å². The molecule has 2 saturated heterocycles. The molecule has 2 aliphatic rings. The Kier molecular flexibility index (Phi) is 3.20. The standard InChI is InChI=1S/C11H17ClN4O/c12-7-10-13-14-11(17-10)16-6-2-5-15-4-1-3-9(15)8-16/h9H,1-8H2. The first-order chi connectivity index (χ1) is 8.36. The average Bonchev–Trinajstić information content (AvgIpc) is 2.94. The van der Waals surface area contributed by atoms with E-state index >= 15 is 0 Å². The van der Waals surface area contributed by atoms with E-state index in [-0.39, 0.29) is 5.88 Å². The summed E-state index contributed by atoms with van der Waals surface area (Å²) in [4.78, 5) is 4.79. The largest absolute Gasteiger partial charge is 0.407 e. The van der Waals surface area contributed by atoms with Crippen LogP contribution in [0.4, 0.5) is 6.01 Å². The van der Waals surface area contributed by atoms with E-state index in [1.165, 1.54) is 25.9 Å². The molecule has 0 aromatic carbocycles. The van der Waals surface area contributed by atoms with Crippen molar-refractivity contribution in [2.45, 2.75) is 31.2 Å². The number of aromatic nitrogens is 2. The molecule has 2 aliphatic heterocycles. The van der Waals surface area contributed by atoms with Crippen LogP contribution < -0.4 is 4.90 Å². The number of halogens is 1. The Morgan fingerprint density at radius 3 is 2.94 bits per heavy atom. The Bertz CT molecular complexity index is 383. The van der Waals surface area contributed by atoms with Crippen LogP contribution in [0.1, 0.15) is 25.2 Å². The van der Waals surface area contributed by atoms with Gasteiger partial charge in [-0.05, 0) is 25.8 Å². The fourth-order valence-electron chi connectivity index (χ4n) is 2.81. The molecular weight excluding hydrogens is 240 g/mol. The average molecular weight is 257 g/mol. The fraction of sp³-hybridized carbons (Fsp3) is 0.818. The molecule has 6 heteroatoms. The summed E-state index contributed by atoms with van der Waals surface area (Å²) in [6.07, 6.45) is 3.76. The van der Waals surface area contributed by atoms with Gasteiger partial charge in [0.25, 0.3) is 0 Å². The molecule has 1 atom stereocenters.